The molecule has 4 nitrogen and oxygen atoms in total. The van der Waals surface area contributed by atoms with E-state index in [4.69, 9.17) is 4.74 Å². The van der Waals surface area contributed by atoms with Crippen LogP contribution in [0.1, 0.15) is 57.6 Å². The van der Waals surface area contributed by atoms with Gasteiger partial charge in [0.2, 0.25) is 0 Å². The zero-order valence-electron chi connectivity index (χ0n) is 12.0. The molecule has 0 aliphatic heterocycles. The summed E-state index contributed by atoms with van der Waals surface area (Å²) in [6.45, 7) is 5.18. The lowest BCUT2D eigenvalue weighted by molar-refractivity contribution is -0.132. The van der Waals surface area contributed by atoms with Crippen LogP contribution in [0.15, 0.2) is 12.4 Å². The molecule has 0 saturated heterocycles. The molecular weight excluding hydrogens is 238 g/mol. The Bertz CT molecular complexity index is 398. The van der Waals surface area contributed by atoms with E-state index in [0.29, 0.717) is 23.6 Å². The number of nitrogens with zero attached hydrogens (tertiary/aromatic N) is 1. The summed E-state index contributed by atoms with van der Waals surface area (Å²) in [6, 6.07) is 0.972. The molecule has 2 saturated carbocycles. The Morgan fingerprint density at radius 1 is 1.53 bits per heavy atom. The average molecular weight is 263 g/mol. The zero-order valence-corrected chi connectivity index (χ0v) is 12.0. The van der Waals surface area contributed by atoms with Gasteiger partial charge in [-0.05, 0) is 33.1 Å². The Morgan fingerprint density at radius 2 is 2.32 bits per heavy atom. The highest BCUT2D eigenvalue weighted by molar-refractivity contribution is 5.14. The number of ether oxygens (including phenoxy) is 1. The summed E-state index contributed by atoms with van der Waals surface area (Å²) in [5.41, 5.74) is 1.65. The monoisotopic (exact) mass is 263 g/mol. The molecule has 0 aromatic carbocycles. The van der Waals surface area contributed by atoms with Gasteiger partial charge in [0.25, 0.3) is 0 Å². The van der Waals surface area contributed by atoms with E-state index in [1.807, 2.05) is 12.4 Å². The van der Waals surface area contributed by atoms with Crippen molar-refractivity contribution in [1.82, 2.24) is 15.5 Å². The number of nitrogens with one attached hydrogen (secondary N) is 2. The van der Waals surface area contributed by atoms with Crippen LogP contribution < -0.4 is 5.32 Å². The van der Waals surface area contributed by atoms with Gasteiger partial charge in [-0.2, -0.15) is 5.10 Å². The number of rotatable bonds is 5. The SMILES string of the molecule is CCOC1CC(NC(C)c2cn[nH]c2)C12CCCC2. The second-order valence-corrected chi connectivity index (χ2v) is 6.09. The third-order valence-electron chi connectivity index (χ3n) is 5.16. The van der Waals surface area contributed by atoms with Crippen LogP contribution in [-0.4, -0.2) is 29.0 Å². The molecule has 1 spiro atoms. The summed E-state index contributed by atoms with van der Waals surface area (Å²) >= 11 is 0. The smallest absolute Gasteiger partial charge is 0.0661 e. The van der Waals surface area contributed by atoms with E-state index in [1.54, 1.807) is 0 Å². The lowest BCUT2D eigenvalue weighted by atomic mass is 9.60. The predicted octanol–water partition coefficient (Wildman–Crippen LogP) is 2.80. The minimum Gasteiger partial charge on any atom is -0.378 e. The highest BCUT2D eigenvalue weighted by Crippen LogP contribution is 2.55. The molecule has 2 aliphatic rings. The molecule has 3 rings (SSSR count). The molecule has 3 unspecified atom stereocenters. The maximum absolute atomic E-state index is 5.96. The first kappa shape index (κ1) is 13.1. The Balaban J connectivity index is 1.65. The molecule has 1 heterocycles. The van der Waals surface area contributed by atoms with Crippen molar-refractivity contribution in [3.8, 4) is 0 Å². The van der Waals surface area contributed by atoms with Gasteiger partial charge >= 0.3 is 0 Å². The van der Waals surface area contributed by atoms with Gasteiger partial charge in [-0.15, -0.1) is 0 Å². The quantitative estimate of drug-likeness (QED) is 0.859. The van der Waals surface area contributed by atoms with Gasteiger partial charge in [-0.3, -0.25) is 5.10 Å². The van der Waals surface area contributed by atoms with Crippen molar-refractivity contribution in [3.63, 3.8) is 0 Å². The standard InChI is InChI=1S/C15H25N3O/c1-3-19-14-8-13(15(14)6-4-5-7-15)18-11(2)12-9-16-17-10-12/h9-11,13-14,18H,3-8H2,1-2H3,(H,16,17). The molecule has 2 fully saturated rings. The molecular formula is C15H25N3O. The van der Waals surface area contributed by atoms with Crippen LogP contribution in [0.4, 0.5) is 0 Å². The van der Waals surface area contributed by atoms with Crippen LogP contribution in [0.2, 0.25) is 0 Å². The molecule has 106 valence electrons. The summed E-state index contributed by atoms with van der Waals surface area (Å²) < 4.78 is 5.96. The molecule has 0 amide bonds. The zero-order chi connectivity index (χ0) is 13.3. The number of hydrogen-bond acceptors (Lipinski definition) is 3. The van der Waals surface area contributed by atoms with Crippen LogP contribution in [0.3, 0.4) is 0 Å². The fourth-order valence-corrected chi connectivity index (χ4v) is 4.02. The van der Waals surface area contributed by atoms with Crippen molar-refractivity contribution in [2.45, 2.75) is 64.1 Å². The summed E-state index contributed by atoms with van der Waals surface area (Å²) in [4.78, 5) is 0. The molecule has 0 bridgehead atoms. The van der Waals surface area contributed by atoms with Crippen LogP contribution >= 0.6 is 0 Å². The first-order valence-electron chi connectivity index (χ1n) is 7.62. The van der Waals surface area contributed by atoms with E-state index in [2.05, 4.69) is 29.4 Å². The summed E-state index contributed by atoms with van der Waals surface area (Å²) in [5.74, 6) is 0. The Hall–Kier alpha value is -0.870. The van der Waals surface area contributed by atoms with E-state index >= 15 is 0 Å². The molecule has 1 aromatic rings. The molecule has 2 N–H and O–H groups in total. The van der Waals surface area contributed by atoms with E-state index in [-0.39, 0.29) is 0 Å². The largest absolute Gasteiger partial charge is 0.378 e. The fourth-order valence-electron chi connectivity index (χ4n) is 4.02. The molecule has 0 radical (unpaired) electrons. The Kier molecular flexibility index (Phi) is 3.63. The Labute approximate surface area is 115 Å². The van der Waals surface area contributed by atoms with Gasteiger partial charge in [-0.25, -0.2) is 0 Å². The minimum atomic E-state index is 0.365. The van der Waals surface area contributed by atoms with Gasteiger partial charge in [0.1, 0.15) is 0 Å². The van der Waals surface area contributed by atoms with Gasteiger partial charge < -0.3 is 10.1 Å². The van der Waals surface area contributed by atoms with Crippen molar-refractivity contribution in [3.05, 3.63) is 18.0 Å². The van der Waals surface area contributed by atoms with Crippen molar-refractivity contribution in [1.29, 1.82) is 0 Å². The topological polar surface area (TPSA) is 49.9 Å². The molecule has 4 heteroatoms. The van der Waals surface area contributed by atoms with Crippen molar-refractivity contribution >= 4 is 0 Å². The summed E-state index contributed by atoms with van der Waals surface area (Å²) in [7, 11) is 0. The second-order valence-electron chi connectivity index (χ2n) is 6.09. The maximum Gasteiger partial charge on any atom is 0.0661 e. The summed E-state index contributed by atoms with van der Waals surface area (Å²) in [6.07, 6.45) is 10.9. The van der Waals surface area contributed by atoms with Crippen molar-refractivity contribution in [2.75, 3.05) is 6.61 Å². The van der Waals surface area contributed by atoms with E-state index in [9.17, 15) is 0 Å². The van der Waals surface area contributed by atoms with E-state index in [1.165, 1.54) is 31.2 Å². The van der Waals surface area contributed by atoms with Gasteiger partial charge in [0.05, 0.1) is 12.3 Å². The number of H-pyrrole nitrogens is 1. The number of aromatic amines is 1. The van der Waals surface area contributed by atoms with Crippen LogP contribution in [0.5, 0.6) is 0 Å². The number of aromatic nitrogens is 2. The summed E-state index contributed by atoms with van der Waals surface area (Å²) in [5, 5.41) is 10.7. The maximum atomic E-state index is 5.96. The predicted molar refractivity (Wildman–Crippen MR) is 74.9 cm³/mol. The van der Waals surface area contributed by atoms with Gasteiger partial charge in [0, 0.05) is 35.9 Å². The third-order valence-corrected chi connectivity index (χ3v) is 5.16. The third kappa shape index (κ3) is 2.21. The minimum absolute atomic E-state index is 0.365. The lowest BCUT2D eigenvalue weighted by Gasteiger charge is -2.55. The normalized spacial score (nSPS) is 30.4. The second kappa shape index (κ2) is 5.25. The average Bonchev–Trinajstić information content (AvgIpc) is 3.09. The van der Waals surface area contributed by atoms with E-state index < -0.39 is 0 Å². The molecule has 19 heavy (non-hydrogen) atoms. The van der Waals surface area contributed by atoms with Gasteiger partial charge in [-0.1, -0.05) is 12.8 Å². The fraction of sp³-hybridized carbons (Fsp3) is 0.800. The molecule has 1 aromatic heterocycles. The van der Waals surface area contributed by atoms with E-state index in [0.717, 1.165) is 13.0 Å². The van der Waals surface area contributed by atoms with Crippen LogP contribution in [-0.2, 0) is 4.74 Å². The first-order valence-corrected chi connectivity index (χ1v) is 7.62. The van der Waals surface area contributed by atoms with Crippen molar-refractivity contribution in [2.24, 2.45) is 5.41 Å². The van der Waals surface area contributed by atoms with Crippen molar-refractivity contribution < 1.29 is 4.74 Å². The highest BCUT2D eigenvalue weighted by Gasteiger charge is 2.56. The Morgan fingerprint density at radius 3 is 2.95 bits per heavy atom. The highest BCUT2D eigenvalue weighted by atomic mass is 16.5. The van der Waals surface area contributed by atoms with Crippen LogP contribution in [0.25, 0.3) is 0 Å². The molecule has 3 atom stereocenters. The molecule has 2 aliphatic carbocycles. The first-order chi connectivity index (χ1) is 9.26. The van der Waals surface area contributed by atoms with Crippen LogP contribution in [0, 0.1) is 5.41 Å². The van der Waals surface area contributed by atoms with Gasteiger partial charge in [0.15, 0.2) is 0 Å². The number of hydrogen-bond donors (Lipinski definition) is 2. The lowest BCUT2D eigenvalue weighted by Crippen LogP contribution is -2.62.